The first-order chi connectivity index (χ1) is 12.0. The van der Waals surface area contributed by atoms with Gasteiger partial charge in [-0.1, -0.05) is 12.1 Å². The lowest BCUT2D eigenvalue weighted by Gasteiger charge is -2.17. The molecule has 10 heteroatoms. The van der Waals surface area contributed by atoms with Crippen LogP contribution in [0.3, 0.4) is 0 Å². The van der Waals surface area contributed by atoms with E-state index in [0.29, 0.717) is 25.3 Å². The van der Waals surface area contributed by atoms with Crippen LogP contribution in [-0.2, 0) is 16.3 Å². The number of nitrogens with zero attached hydrogens (tertiary/aromatic N) is 1. The maximum absolute atomic E-state index is 12.1. The summed E-state index contributed by atoms with van der Waals surface area (Å²) < 4.78 is 62.5. The number of hydrogen-bond donors (Lipinski definition) is 2. The van der Waals surface area contributed by atoms with Crippen molar-refractivity contribution in [2.75, 3.05) is 25.6 Å². The van der Waals surface area contributed by atoms with Gasteiger partial charge >= 0.3 is 6.36 Å². The van der Waals surface area contributed by atoms with Gasteiger partial charge in [0, 0.05) is 25.9 Å². The third kappa shape index (κ3) is 10.1. The molecule has 0 spiro atoms. The van der Waals surface area contributed by atoms with Crippen LogP contribution in [0.5, 0.6) is 5.75 Å². The lowest BCUT2D eigenvalue weighted by Crippen LogP contribution is -2.43. The Bertz CT molecular complexity index is 689. The SMILES string of the molecule is CN=C(NCCc1ccc(OC(F)(F)F)cc1)NC(C)CCS(C)(=O)=O. The van der Waals surface area contributed by atoms with Crippen LogP contribution in [0.2, 0.25) is 0 Å². The fourth-order valence-electron chi connectivity index (χ4n) is 2.07. The zero-order valence-corrected chi connectivity index (χ0v) is 15.7. The van der Waals surface area contributed by atoms with Gasteiger partial charge in [-0.2, -0.15) is 0 Å². The molecule has 0 saturated heterocycles. The average Bonchev–Trinajstić information content (AvgIpc) is 2.51. The van der Waals surface area contributed by atoms with E-state index in [1.807, 2.05) is 6.92 Å². The van der Waals surface area contributed by atoms with E-state index in [9.17, 15) is 21.6 Å². The van der Waals surface area contributed by atoms with Crippen molar-refractivity contribution in [1.82, 2.24) is 10.6 Å². The average molecular weight is 395 g/mol. The Balaban J connectivity index is 2.40. The number of sulfone groups is 1. The summed E-state index contributed by atoms with van der Waals surface area (Å²) in [6.45, 7) is 2.37. The maximum Gasteiger partial charge on any atom is 0.573 e. The minimum absolute atomic E-state index is 0.0743. The summed E-state index contributed by atoms with van der Waals surface area (Å²) in [5.41, 5.74) is 0.840. The Labute approximate surface area is 151 Å². The highest BCUT2D eigenvalue weighted by Crippen LogP contribution is 2.22. The second-order valence-electron chi connectivity index (χ2n) is 5.90. The quantitative estimate of drug-likeness (QED) is 0.521. The summed E-state index contributed by atoms with van der Waals surface area (Å²) >= 11 is 0. The van der Waals surface area contributed by atoms with Crippen LogP contribution in [0.1, 0.15) is 18.9 Å². The van der Waals surface area contributed by atoms with Crippen molar-refractivity contribution in [2.45, 2.75) is 32.2 Å². The molecule has 1 unspecified atom stereocenters. The van der Waals surface area contributed by atoms with Crippen LogP contribution < -0.4 is 15.4 Å². The van der Waals surface area contributed by atoms with E-state index < -0.39 is 16.2 Å². The minimum Gasteiger partial charge on any atom is -0.406 e. The second-order valence-corrected chi connectivity index (χ2v) is 8.16. The number of rotatable bonds is 8. The lowest BCUT2D eigenvalue weighted by atomic mass is 10.1. The van der Waals surface area contributed by atoms with E-state index in [1.165, 1.54) is 18.4 Å². The van der Waals surface area contributed by atoms with Gasteiger partial charge in [-0.15, -0.1) is 13.2 Å². The highest BCUT2D eigenvalue weighted by molar-refractivity contribution is 7.90. The number of hydrogen-bond acceptors (Lipinski definition) is 4. The molecule has 0 heterocycles. The van der Waals surface area contributed by atoms with E-state index in [-0.39, 0.29) is 17.5 Å². The fraction of sp³-hybridized carbons (Fsp3) is 0.562. The zero-order chi connectivity index (χ0) is 19.8. The Kier molecular flexibility index (Phi) is 8.19. The molecule has 26 heavy (non-hydrogen) atoms. The van der Waals surface area contributed by atoms with Crippen LogP contribution in [-0.4, -0.2) is 52.4 Å². The van der Waals surface area contributed by atoms with Crippen molar-refractivity contribution in [1.29, 1.82) is 0 Å². The molecular formula is C16H24F3N3O3S. The normalized spacial score (nSPS) is 14.0. The van der Waals surface area contributed by atoms with Gasteiger partial charge in [0.05, 0.1) is 5.75 Å². The summed E-state index contributed by atoms with van der Waals surface area (Å²) in [7, 11) is -1.41. The molecule has 6 nitrogen and oxygen atoms in total. The molecule has 0 fully saturated rings. The van der Waals surface area contributed by atoms with Crippen molar-refractivity contribution in [2.24, 2.45) is 4.99 Å². The van der Waals surface area contributed by atoms with E-state index in [2.05, 4.69) is 20.4 Å². The Morgan fingerprint density at radius 2 is 1.88 bits per heavy atom. The van der Waals surface area contributed by atoms with Gasteiger partial charge < -0.3 is 15.4 Å². The molecule has 0 saturated carbocycles. The number of benzene rings is 1. The van der Waals surface area contributed by atoms with E-state index >= 15 is 0 Å². The summed E-state index contributed by atoms with van der Waals surface area (Å²) in [4.78, 5) is 4.06. The minimum atomic E-state index is -4.70. The number of ether oxygens (including phenoxy) is 1. The summed E-state index contributed by atoms with van der Waals surface area (Å²) in [5.74, 6) is 0.360. The Morgan fingerprint density at radius 3 is 2.38 bits per heavy atom. The van der Waals surface area contributed by atoms with E-state index in [0.717, 1.165) is 5.56 Å². The molecule has 2 N–H and O–H groups in total. The third-order valence-corrected chi connectivity index (χ3v) is 4.37. The topological polar surface area (TPSA) is 79.8 Å². The monoisotopic (exact) mass is 395 g/mol. The van der Waals surface area contributed by atoms with Gasteiger partial charge in [-0.05, 0) is 37.5 Å². The standard InChI is InChI=1S/C16H24F3N3O3S/c1-12(9-11-26(3,23)24)22-15(20-2)21-10-8-13-4-6-14(7-5-13)25-16(17,18)19/h4-7,12H,8-11H2,1-3H3,(H2,20,21,22). The number of aliphatic imine (C=N–C) groups is 1. The summed E-state index contributed by atoms with van der Waals surface area (Å²) in [6, 6.07) is 5.59. The number of nitrogens with one attached hydrogen (secondary N) is 2. The van der Waals surface area contributed by atoms with Crippen LogP contribution in [0.25, 0.3) is 0 Å². The molecule has 0 aliphatic rings. The first kappa shape index (κ1) is 22.1. The van der Waals surface area contributed by atoms with Gasteiger partial charge in [-0.25, -0.2) is 8.42 Å². The Hall–Kier alpha value is -1.97. The molecule has 0 aliphatic carbocycles. The number of halogens is 3. The summed E-state index contributed by atoms with van der Waals surface area (Å²) in [6.07, 6.45) is -2.47. The lowest BCUT2D eigenvalue weighted by molar-refractivity contribution is -0.274. The molecule has 0 aromatic heterocycles. The Morgan fingerprint density at radius 1 is 1.27 bits per heavy atom. The van der Waals surface area contributed by atoms with E-state index in [4.69, 9.17) is 0 Å². The highest BCUT2D eigenvalue weighted by atomic mass is 32.2. The third-order valence-electron chi connectivity index (χ3n) is 3.39. The molecule has 1 rings (SSSR count). The van der Waals surface area contributed by atoms with Crippen molar-refractivity contribution in [3.8, 4) is 5.75 Å². The predicted molar refractivity (Wildman–Crippen MR) is 95.1 cm³/mol. The van der Waals surface area contributed by atoms with Gasteiger partial charge in [0.15, 0.2) is 5.96 Å². The molecule has 1 aromatic carbocycles. The van der Waals surface area contributed by atoms with Crippen molar-refractivity contribution < 1.29 is 26.3 Å². The van der Waals surface area contributed by atoms with E-state index in [1.54, 1.807) is 19.2 Å². The second kappa shape index (κ2) is 9.65. The molecule has 0 radical (unpaired) electrons. The molecule has 0 bridgehead atoms. The fourth-order valence-corrected chi connectivity index (χ4v) is 2.86. The number of guanidine groups is 1. The molecule has 0 aliphatic heterocycles. The molecule has 1 aromatic rings. The van der Waals surface area contributed by atoms with Gasteiger partial charge in [0.1, 0.15) is 15.6 Å². The van der Waals surface area contributed by atoms with Gasteiger partial charge in [0.25, 0.3) is 0 Å². The maximum atomic E-state index is 12.1. The van der Waals surface area contributed by atoms with Crippen molar-refractivity contribution >= 4 is 15.8 Å². The first-order valence-corrected chi connectivity index (χ1v) is 10.0. The molecule has 0 amide bonds. The largest absolute Gasteiger partial charge is 0.573 e. The van der Waals surface area contributed by atoms with Crippen molar-refractivity contribution in [3.63, 3.8) is 0 Å². The van der Waals surface area contributed by atoms with Gasteiger partial charge in [-0.3, -0.25) is 4.99 Å². The highest BCUT2D eigenvalue weighted by Gasteiger charge is 2.30. The molecular weight excluding hydrogens is 371 g/mol. The molecule has 1 atom stereocenters. The van der Waals surface area contributed by atoms with Crippen LogP contribution in [0.4, 0.5) is 13.2 Å². The number of alkyl halides is 3. The zero-order valence-electron chi connectivity index (χ0n) is 14.9. The van der Waals surface area contributed by atoms with Crippen LogP contribution in [0, 0.1) is 0 Å². The van der Waals surface area contributed by atoms with Crippen LogP contribution in [0.15, 0.2) is 29.3 Å². The first-order valence-electron chi connectivity index (χ1n) is 7.98. The predicted octanol–water partition coefficient (Wildman–Crippen LogP) is 2.12. The van der Waals surface area contributed by atoms with Gasteiger partial charge in [0.2, 0.25) is 0 Å². The van der Waals surface area contributed by atoms with Crippen molar-refractivity contribution in [3.05, 3.63) is 29.8 Å². The summed E-state index contributed by atoms with van der Waals surface area (Å²) in [5, 5.41) is 6.17. The van der Waals surface area contributed by atoms with Crippen LogP contribution >= 0.6 is 0 Å². The smallest absolute Gasteiger partial charge is 0.406 e. The molecule has 148 valence electrons.